The van der Waals surface area contributed by atoms with Crippen molar-refractivity contribution in [2.75, 3.05) is 12.4 Å². The summed E-state index contributed by atoms with van der Waals surface area (Å²) in [5.74, 6) is -1.59. The van der Waals surface area contributed by atoms with Gasteiger partial charge in [-0.2, -0.15) is 10.1 Å². The molecule has 0 bridgehead atoms. The molecule has 4 aromatic rings. The van der Waals surface area contributed by atoms with Gasteiger partial charge in [0.25, 0.3) is 0 Å². The Balaban J connectivity index is 1.75. The van der Waals surface area contributed by atoms with Crippen LogP contribution in [0.5, 0.6) is 5.75 Å². The van der Waals surface area contributed by atoms with Gasteiger partial charge in [0.2, 0.25) is 11.7 Å². The van der Waals surface area contributed by atoms with Gasteiger partial charge in [-0.25, -0.2) is 8.78 Å². The molecule has 0 aliphatic heterocycles. The van der Waals surface area contributed by atoms with E-state index in [4.69, 9.17) is 4.74 Å². The van der Waals surface area contributed by atoms with Gasteiger partial charge in [-0.15, -0.1) is 0 Å². The first-order valence-corrected chi connectivity index (χ1v) is 9.81. The maximum atomic E-state index is 13.7. The SMILES string of the molecule is COc1cn(Cc2ccc(F)c(F)c2)c(Nc2cc(-c3ccnn3C)ccc2C)nc1=O. The van der Waals surface area contributed by atoms with E-state index >= 15 is 0 Å². The van der Waals surface area contributed by atoms with Crippen LogP contribution in [0.25, 0.3) is 11.3 Å². The quantitative estimate of drug-likeness (QED) is 0.493. The third kappa shape index (κ3) is 4.22. The molecule has 0 amide bonds. The molecule has 0 fully saturated rings. The van der Waals surface area contributed by atoms with Crippen molar-refractivity contribution in [3.8, 4) is 17.0 Å². The second-order valence-electron chi connectivity index (χ2n) is 7.31. The lowest BCUT2D eigenvalue weighted by atomic mass is 10.1. The average molecular weight is 437 g/mol. The second kappa shape index (κ2) is 8.62. The lowest BCUT2D eigenvalue weighted by Crippen LogP contribution is -2.19. The number of aromatic nitrogens is 4. The van der Waals surface area contributed by atoms with Crippen LogP contribution in [-0.2, 0) is 13.6 Å². The topological polar surface area (TPSA) is 74.0 Å². The molecule has 0 aliphatic rings. The molecule has 9 heteroatoms. The molecule has 0 atom stereocenters. The number of hydrogen-bond donors (Lipinski definition) is 1. The molecule has 0 unspecified atom stereocenters. The molecule has 2 heterocycles. The van der Waals surface area contributed by atoms with Crippen LogP contribution in [-0.4, -0.2) is 26.4 Å². The maximum absolute atomic E-state index is 13.7. The van der Waals surface area contributed by atoms with Gasteiger partial charge in [0, 0.05) is 24.5 Å². The van der Waals surface area contributed by atoms with Crippen molar-refractivity contribution in [1.82, 2.24) is 19.3 Å². The van der Waals surface area contributed by atoms with Crippen molar-refractivity contribution < 1.29 is 13.5 Å². The number of methoxy groups -OCH3 is 1. The first-order valence-electron chi connectivity index (χ1n) is 9.81. The molecule has 0 radical (unpaired) electrons. The van der Waals surface area contributed by atoms with Crippen molar-refractivity contribution in [2.45, 2.75) is 13.5 Å². The molecule has 2 aromatic heterocycles. The first kappa shape index (κ1) is 21.2. The third-order valence-corrected chi connectivity index (χ3v) is 5.12. The lowest BCUT2D eigenvalue weighted by molar-refractivity contribution is 0.402. The second-order valence-corrected chi connectivity index (χ2v) is 7.31. The van der Waals surface area contributed by atoms with Gasteiger partial charge >= 0.3 is 5.56 Å². The van der Waals surface area contributed by atoms with Crippen LogP contribution in [0.2, 0.25) is 0 Å². The first-order chi connectivity index (χ1) is 15.4. The molecule has 4 rings (SSSR count). The van der Waals surface area contributed by atoms with Gasteiger partial charge in [0.1, 0.15) is 0 Å². The molecule has 0 aliphatic carbocycles. The smallest absolute Gasteiger partial charge is 0.316 e. The Morgan fingerprint density at radius 2 is 1.91 bits per heavy atom. The average Bonchev–Trinajstić information content (AvgIpc) is 3.20. The van der Waals surface area contributed by atoms with Gasteiger partial charge in [0.05, 0.1) is 25.5 Å². The highest BCUT2D eigenvalue weighted by Crippen LogP contribution is 2.27. The summed E-state index contributed by atoms with van der Waals surface area (Å²) in [6.07, 6.45) is 3.20. The summed E-state index contributed by atoms with van der Waals surface area (Å²) in [6, 6.07) is 11.4. The largest absolute Gasteiger partial charge is 0.490 e. The predicted octanol–water partition coefficient (Wildman–Crippen LogP) is 4.03. The lowest BCUT2D eigenvalue weighted by Gasteiger charge is -2.17. The molecule has 0 saturated carbocycles. The Morgan fingerprint density at radius 1 is 1.09 bits per heavy atom. The van der Waals surface area contributed by atoms with Crippen LogP contribution in [0.3, 0.4) is 0 Å². The van der Waals surface area contributed by atoms with Crippen molar-refractivity contribution in [3.05, 3.63) is 88.0 Å². The highest BCUT2D eigenvalue weighted by atomic mass is 19.2. The van der Waals surface area contributed by atoms with E-state index in [1.807, 2.05) is 38.2 Å². The van der Waals surface area contributed by atoms with Crippen molar-refractivity contribution >= 4 is 11.6 Å². The van der Waals surface area contributed by atoms with E-state index in [9.17, 15) is 13.6 Å². The van der Waals surface area contributed by atoms with E-state index in [1.165, 1.54) is 19.4 Å². The van der Waals surface area contributed by atoms with E-state index in [0.29, 0.717) is 5.56 Å². The summed E-state index contributed by atoms with van der Waals surface area (Å²) in [5.41, 5.74) is 3.48. The van der Waals surface area contributed by atoms with Crippen molar-refractivity contribution in [1.29, 1.82) is 0 Å². The summed E-state index contributed by atoms with van der Waals surface area (Å²) in [5, 5.41) is 7.40. The molecular weight excluding hydrogens is 416 g/mol. The molecule has 1 N–H and O–H groups in total. The number of rotatable bonds is 6. The number of nitrogens with zero attached hydrogens (tertiary/aromatic N) is 4. The molecule has 7 nitrogen and oxygen atoms in total. The Labute approximate surface area is 182 Å². The van der Waals surface area contributed by atoms with Gasteiger partial charge in [-0.05, 0) is 42.3 Å². The van der Waals surface area contributed by atoms with E-state index in [-0.39, 0.29) is 18.2 Å². The van der Waals surface area contributed by atoms with Crippen LogP contribution in [0.1, 0.15) is 11.1 Å². The number of benzene rings is 2. The highest BCUT2D eigenvalue weighted by molar-refractivity contribution is 5.70. The monoisotopic (exact) mass is 437 g/mol. The van der Waals surface area contributed by atoms with Crippen molar-refractivity contribution in [2.24, 2.45) is 7.05 Å². The molecular formula is C23H21F2N5O2. The zero-order chi connectivity index (χ0) is 22.8. The number of hydrogen-bond acceptors (Lipinski definition) is 5. The molecule has 0 saturated heterocycles. The maximum Gasteiger partial charge on any atom is 0.316 e. The fourth-order valence-electron chi connectivity index (χ4n) is 3.36. The number of ether oxygens (including phenoxy) is 1. The normalized spacial score (nSPS) is 10.9. The zero-order valence-electron chi connectivity index (χ0n) is 17.8. The van der Waals surface area contributed by atoms with E-state index in [2.05, 4.69) is 15.4 Å². The third-order valence-electron chi connectivity index (χ3n) is 5.12. The van der Waals surface area contributed by atoms with Gasteiger partial charge in [-0.3, -0.25) is 9.48 Å². The van der Waals surface area contributed by atoms with Crippen molar-refractivity contribution in [3.63, 3.8) is 0 Å². The number of nitrogens with one attached hydrogen (secondary N) is 1. The van der Waals surface area contributed by atoms with Gasteiger partial charge in [-0.1, -0.05) is 18.2 Å². The molecule has 32 heavy (non-hydrogen) atoms. The number of halogens is 2. The summed E-state index contributed by atoms with van der Waals surface area (Å²) in [4.78, 5) is 16.4. The number of aryl methyl sites for hydroxylation is 2. The van der Waals surface area contributed by atoms with E-state index in [1.54, 1.807) is 15.4 Å². The van der Waals surface area contributed by atoms with Crippen LogP contribution in [0.4, 0.5) is 20.4 Å². The van der Waals surface area contributed by atoms with Crippen LogP contribution < -0.4 is 15.6 Å². The Morgan fingerprint density at radius 3 is 2.59 bits per heavy atom. The summed E-state index contributed by atoms with van der Waals surface area (Å²) in [6.45, 7) is 2.07. The van der Waals surface area contributed by atoms with E-state index < -0.39 is 17.2 Å². The van der Waals surface area contributed by atoms with Crippen LogP contribution in [0, 0.1) is 18.6 Å². The summed E-state index contributed by atoms with van der Waals surface area (Å²) < 4.78 is 35.5. The zero-order valence-corrected chi connectivity index (χ0v) is 17.8. The molecule has 2 aromatic carbocycles. The minimum absolute atomic E-state index is 0.0403. The minimum Gasteiger partial charge on any atom is -0.490 e. The van der Waals surface area contributed by atoms with Gasteiger partial charge < -0.3 is 14.6 Å². The highest BCUT2D eigenvalue weighted by Gasteiger charge is 2.13. The van der Waals surface area contributed by atoms with Gasteiger partial charge in [0.15, 0.2) is 11.6 Å². The Kier molecular flexibility index (Phi) is 5.72. The van der Waals surface area contributed by atoms with Crippen LogP contribution >= 0.6 is 0 Å². The van der Waals surface area contributed by atoms with E-state index in [0.717, 1.165) is 34.6 Å². The fourth-order valence-corrected chi connectivity index (χ4v) is 3.36. The van der Waals surface area contributed by atoms with Crippen LogP contribution in [0.15, 0.2) is 59.7 Å². The Hall–Kier alpha value is -4.01. The summed E-state index contributed by atoms with van der Waals surface area (Å²) >= 11 is 0. The summed E-state index contributed by atoms with van der Waals surface area (Å²) in [7, 11) is 3.22. The standard InChI is InChI=1S/C23H21F2N5O2/c1-14-4-6-16(20-8-9-26-29(20)2)11-19(14)27-23-28-22(31)21(32-3)13-30(23)12-15-5-7-17(24)18(25)10-15/h4-11,13H,12H2,1-3H3,(H,27,28,31). The fraction of sp³-hybridized carbons (Fsp3) is 0.174. The number of anilines is 2. The molecule has 0 spiro atoms. The Bertz CT molecular complexity index is 1350. The molecule has 164 valence electrons. The predicted molar refractivity (Wildman–Crippen MR) is 117 cm³/mol. The minimum atomic E-state index is -0.947.